The first-order valence-electron chi connectivity index (χ1n) is 5.41. The van der Waals surface area contributed by atoms with Crippen molar-refractivity contribution in [1.82, 2.24) is 0 Å². The van der Waals surface area contributed by atoms with Crippen LogP contribution in [0.4, 0.5) is 4.39 Å². The molecule has 0 N–H and O–H groups in total. The summed E-state index contributed by atoms with van der Waals surface area (Å²) in [6, 6.07) is 4.42. The summed E-state index contributed by atoms with van der Waals surface area (Å²) < 4.78 is 18.3. The topological polar surface area (TPSA) is 26.3 Å². The molecule has 1 aromatic rings. The fraction of sp³-hybridized carbons (Fsp3) is 0.462. The molecule has 3 heteroatoms. The van der Waals surface area contributed by atoms with Crippen molar-refractivity contribution in [2.45, 2.75) is 33.3 Å². The highest BCUT2D eigenvalue weighted by atomic mass is 19.1. The van der Waals surface area contributed by atoms with Gasteiger partial charge in [-0.25, -0.2) is 4.39 Å². The predicted octanol–water partition coefficient (Wildman–Crippen LogP) is 3.13. The van der Waals surface area contributed by atoms with E-state index >= 15 is 0 Å². The molecular formula is C13H17FO2. The first kappa shape index (κ1) is 12.8. The van der Waals surface area contributed by atoms with Crippen LogP contribution in [0.3, 0.4) is 0 Å². The van der Waals surface area contributed by atoms with Crippen LogP contribution >= 0.6 is 0 Å². The van der Waals surface area contributed by atoms with Gasteiger partial charge in [0.15, 0.2) is 5.78 Å². The number of carbonyl (C=O) groups excluding carboxylic acids is 1. The first-order chi connectivity index (χ1) is 7.50. The second-order valence-electron chi connectivity index (χ2n) is 4.06. The Kier molecular flexibility index (Phi) is 4.62. The van der Waals surface area contributed by atoms with Crippen LogP contribution in [-0.4, -0.2) is 18.5 Å². The van der Waals surface area contributed by atoms with E-state index in [0.29, 0.717) is 24.2 Å². The van der Waals surface area contributed by atoms with Crippen molar-refractivity contribution in [2.24, 2.45) is 0 Å². The van der Waals surface area contributed by atoms with Gasteiger partial charge in [-0.3, -0.25) is 4.79 Å². The van der Waals surface area contributed by atoms with Gasteiger partial charge < -0.3 is 4.74 Å². The van der Waals surface area contributed by atoms with Crippen LogP contribution in [0.5, 0.6) is 0 Å². The Balaban J connectivity index is 2.56. The molecule has 0 atom stereocenters. The van der Waals surface area contributed by atoms with Crippen LogP contribution in [0, 0.1) is 12.7 Å². The Bertz CT molecular complexity index is 372. The smallest absolute Gasteiger partial charge is 0.165 e. The number of aryl methyl sites for hydroxylation is 1. The van der Waals surface area contributed by atoms with Crippen molar-refractivity contribution in [3.05, 3.63) is 35.1 Å². The summed E-state index contributed by atoms with van der Waals surface area (Å²) in [4.78, 5) is 11.7. The summed E-state index contributed by atoms with van der Waals surface area (Å²) in [5.41, 5.74) is 1.04. The Morgan fingerprint density at radius 2 is 2.12 bits per heavy atom. The van der Waals surface area contributed by atoms with E-state index in [0.717, 1.165) is 0 Å². The lowest BCUT2D eigenvalue weighted by atomic mass is 10.1. The number of ketones is 1. The molecule has 88 valence electrons. The number of halogens is 1. The quantitative estimate of drug-likeness (QED) is 0.718. The van der Waals surface area contributed by atoms with E-state index in [2.05, 4.69) is 0 Å². The fourth-order valence-corrected chi connectivity index (χ4v) is 1.35. The second-order valence-corrected chi connectivity index (χ2v) is 4.06. The molecule has 16 heavy (non-hydrogen) atoms. The molecule has 0 fully saturated rings. The minimum Gasteiger partial charge on any atom is -0.378 e. The van der Waals surface area contributed by atoms with Gasteiger partial charge in [-0.2, -0.15) is 0 Å². The maximum absolute atomic E-state index is 13.0. The zero-order valence-electron chi connectivity index (χ0n) is 9.92. The zero-order chi connectivity index (χ0) is 12.1. The number of hydrogen-bond donors (Lipinski definition) is 0. The van der Waals surface area contributed by atoms with Crippen molar-refractivity contribution in [1.29, 1.82) is 0 Å². The number of ether oxygens (including phenoxy) is 1. The van der Waals surface area contributed by atoms with Gasteiger partial charge in [0.1, 0.15) is 5.82 Å². The van der Waals surface area contributed by atoms with Gasteiger partial charge in [0, 0.05) is 12.0 Å². The van der Waals surface area contributed by atoms with Crippen LogP contribution in [0.1, 0.15) is 36.2 Å². The summed E-state index contributed by atoms with van der Waals surface area (Å²) in [5, 5.41) is 0. The Morgan fingerprint density at radius 1 is 1.44 bits per heavy atom. The molecule has 0 aliphatic carbocycles. The number of carbonyl (C=O) groups is 1. The lowest BCUT2D eigenvalue weighted by Crippen LogP contribution is -2.09. The second kappa shape index (κ2) is 5.75. The third-order valence-electron chi connectivity index (χ3n) is 2.26. The van der Waals surface area contributed by atoms with Gasteiger partial charge in [0.25, 0.3) is 0 Å². The summed E-state index contributed by atoms with van der Waals surface area (Å²) in [5.74, 6) is -0.293. The molecule has 2 nitrogen and oxygen atoms in total. The minimum atomic E-state index is -0.282. The van der Waals surface area contributed by atoms with E-state index in [1.165, 1.54) is 12.1 Å². The highest BCUT2D eigenvalue weighted by Crippen LogP contribution is 2.11. The molecule has 0 spiro atoms. The molecule has 0 aliphatic heterocycles. The zero-order valence-corrected chi connectivity index (χ0v) is 9.92. The summed E-state index contributed by atoms with van der Waals surface area (Å²) in [6.45, 7) is 5.91. The Labute approximate surface area is 95.4 Å². The van der Waals surface area contributed by atoms with Crippen molar-refractivity contribution in [3.8, 4) is 0 Å². The van der Waals surface area contributed by atoms with E-state index in [-0.39, 0.29) is 17.7 Å². The van der Waals surface area contributed by atoms with Crippen molar-refractivity contribution in [2.75, 3.05) is 6.61 Å². The lowest BCUT2D eigenvalue weighted by molar-refractivity contribution is 0.0678. The molecule has 0 radical (unpaired) electrons. The van der Waals surface area contributed by atoms with Gasteiger partial charge in [-0.1, -0.05) is 0 Å². The molecule has 0 aliphatic rings. The maximum Gasteiger partial charge on any atom is 0.165 e. The van der Waals surface area contributed by atoms with E-state index in [9.17, 15) is 9.18 Å². The first-order valence-corrected chi connectivity index (χ1v) is 5.41. The third-order valence-corrected chi connectivity index (χ3v) is 2.26. The SMILES string of the molecule is Cc1cc(C(=O)CCOC(C)C)ccc1F. The van der Waals surface area contributed by atoms with Crippen molar-refractivity contribution >= 4 is 5.78 Å². The Hall–Kier alpha value is -1.22. The molecule has 1 rings (SSSR count). The molecule has 0 unspecified atom stereocenters. The minimum absolute atomic E-state index is 0.0104. The standard InChI is InChI=1S/C13H17FO2/c1-9(2)16-7-6-13(15)11-4-5-12(14)10(3)8-11/h4-5,8-9H,6-7H2,1-3H3. The highest BCUT2D eigenvalue weighted by Gasteiger charge is 2.08. The summed E-state index contributed by atoms with van der Waals surface area (Å²) in [7, 11) is 0. The van der Waals surface area contributed by atoms with Gasteiger partial charge in [-0.15, -0.1) is 0 Å². The van der Waals surface area contributed by atoms with Crippen LogP contribution in [-0.2, 0) is 4.74 Å². The maximum atomic E-state index is 13.0. The van der Waals surface area contributed by atoms with Gasteiger partial charge in [0.05, 0.1) is 12.7 Å². The average molecular weight is 224 g/mol. The number of benzene rings is 1. The normalized spacial score (nSPS) is 10.8. The molecule has 0 heterocycles. The number of rotatable bonds is 5. The molecular weight excluding hydrogens is 207 g/mol. The van der Waals surface area contributed by atoms with Gasteiger partial charge >= 0.3 is 0 Å². The summed E-state index contributed by atoms with van der Waals surface area (Å²) in [6.07, 6.45) is 0.464. The van der Waals surface area contributed by atoms with Crippen molar-refractivity contribution in [3.63, 3.8) is 0 Å². The van der Waals surface area contributed by atoms with E-state index in [4.69, 9.17) is 4.74 Å². The van der Waals surface area contributed by atoms with Crippen LogP contribution in [0.2, 0.25) is 0 Å². The van der Waals surface area contributed by atoms with Crippen molar-refractivity contribution < 1.29 is 13.9 Å². The summed E-state index contributed by atoms with van der Waals surface area (Å²) >= 11 is 0. The lowest BCUT2D eigenvalue weighted by Gasteiger charge is -2.07. The van der Waals surface area contributed by atoms with Gasteiger partial charge in [0.2, 0.25) is 0 Å². The molecule has 0 aromatic heterocycles. The third kappa shape index (κ3) is 3.74. The predicted molar refractivity (Wildman–Crippen MR) is 61.2 cm³/mol. The largest absolute Gasteiger partial charge is 0.378 e. The van der Waals surface area contributed by atoms with E-state index < -0.39 is 0 Å². The van der Waals surface area contributed by atoms with E-state index in [1.54, 1.807) is 13.0 Å². The molecule has 0 amide bonds. The molecule has 1 aromatic carbocycles. The average Bonchev–Trinajstić information content (AvgIpc) is 2.21. The number of Topliss-reactive ketones (excluding diaryl/α,β-unsaturated/α-hetero) is 1. The Morgan fingerprint density at radius 3 is 2.69 bits per heavy atom. The van der Waals surface area contributed by atoms with E-state index in [1.807, 2.05) is 13.8 Å². The van der Waals surface area contributed by atoms with Crippen LogP contribution in [0.15, 0.2) is 18.2 Å². The van der Waals surface area contributed by atoms with Crippen LogP contribution < -0.4 is 0 Å². The highest BCUT2D eigenvalue weighted by molar-refractivity contribution is 5.96. The molecule has 0 saturated heterocycles. The number of hydrogen-bond acceptors (Lipinski definition) is 2. The monoisotopic (exact) mass is 224 g/mol. The fourth-order valence-electron chi connectivity index (χ4n) is 1.35. The molecule has 0 saturated carbocycles. The molecule has 0 bridgehead atoms. The van der Waals surface area contributed by atoms with Gasteiger partial charge in [-0.05, 0) is 44.5 Å². The van der Waals surface area contributed by atoms with Crippen LogP contribution in [0.25, 0.3) is 0 Å².